The molecule has 0 rings (SSSR count). The van der Waals surface area contributed by atoms with Gasteiger partial charge in [0.25, 0.3) is 0 Å². The Hall–Kier alpha value is -0.823. The molecule has 0 aromatic rings. The lowest BCUT2D eigenvalue weighted by Gasteiger charge is -2.23. The van der Waals surface area contributed by atoms with Gasteiger partial charge in [0.1, 0.15) is 5.76 Å². The van der Waals surface area contributed by atoms with Crippen LogP contribution in [0, 0.1) is 0 Å². The summed E-state index contributed by atoms with van der Waals surface area (Å²) < 4.78 is 25.1. The predicted octanol–water partition coefficient (Wildman–Crippen LogP) is 1.05. The molecule has 6 heteroatoms. The summed E-state index contributed by atoms with van der Waals surface area (Å²) in [5, 5.41) is 0. The van der Waals surface area contributed by atoms with Crippen LogP contribution >= 0.6 is 0 Å². The molecule has 0 amide bonds. The second-order valence-corrected chi connectivity index (χ2v) is 4.65. The molecule has 0 atom stereocenters. The number of ether oxygens (including phenoxy) is 1. The fourth-order valence-corrected chi connectivity index (χ4v) is 1.85. The van der Waals surface area contributed by atoms with E-state index in [0.717, 1.165) is 0 Å². The summed E-state index contributed by atoms with van der Waals surface area (Å²) in [6, 6.07) is 0. The van der Waals surface area contributed by atoms with Crippen molar-refractivity contribution in [2.24, 2.45) is 0 Å². The van der Waals surface area contributed by atoms with Crippen LogP contribution < -0.4 is 0 Å². The second-order valence-electron chi connectivity index (χ2n) is 2.22. The van der Waals surface area contributed by atoms with Crippen molar-refractivity contribution < 1.29 is 22.4 Å². The van der Waals surface area contributed by atoms with Crippen LogP contribution in [0.1, 0.15) is 0 Å². The van der Waals surface area contributed by atoms with Crippen LogP contribution in [0.5, 0.6) is 0 Å². The molecule has 82 valence electrons. The third-order valence-corrected chi connectivity index (χ3v) is 3.41. The molecule has 0 unspecified atom stereocenters. The molecule has 0 aromatic heterocycles. The average molecular weight is 220 g/mol. The normalized spacial score (nSPS) is 11.7. The van der Waals surface area contributed by atoms with Crippen molar-refractivity contribution in [2.45, 2.75) is 0 Å². The molecule has 0 saturated carbocycles. The van der Waals surface area contributed by atoms with E-state index in [4.69, 9.17) is 22.4 Å². The standard InChI is InChI=1S/C8H16O5Si/c1-8(6-7-9-2)13-14(10-3,11-4)12-5/h6-7H,1H2,2-5H3. The minimum Gasteiger partial charge on any atom is -0.504 e. The van der Waals surface area contributed by atoms with Crippen LogP contribution in [0.3, 0.4) is 0 Å². The predicted molar refractivity (Wildman–Crippen MR) is 53.2 cm³/mol. The number of methoxy groups -OCH3 is 1. The van der Waals surface area contributed by atoms with Crippen molar-refractivity contribution in [3.63, 3.8) is 0 Å². The van der Waals surface area contributed by atoms with Gasteiger partial charge in [0, 0.05) is 27.4 Å². The molecule has 0 aliphatic rings. The molecule has 0 bridgehead atoms. The van der Waals surface area contributed by atoms with Gasteiger partial charge in [-0.25, -0.2) is 0 Å². The van der Waals surface area contributed by atoms with Gasteiger partial charge in [-0.2, -0.15) is 0 Å². The first-order valence-electron chi connectivity index (χ1n) is 3.86. The molecule has 0 radical (unpaired) electrons. The van der Waals surface area contributed by atoms with E-state index in [2.05, 4.69) is 6.58 Å². The zero-order valence-electron chi connectivity index (χ0n) is 8.90. The Morgan fingerprint density at radius 1 is 1.07 bits per heavy atom. The van der Waals surface area contributed by atoms with E-state index in [9.17, 15) is 0 Å². The molecule has 5 nitrogen and oxygen atoms in total. The third-order valence-electron chi connectivity index (χ3n) is 1.40. The van der Waals surface area contributed by atoms with Crippen LogP contribution in [0.4, 0.5) is 0 Å². The summed E-state index contributed by atoms with van der Waals surface area (Å²) in [6.07, 6.45) is 2.97. The minimum atomic E-state index is -3.04. The van der Waals surface area contributed by atoms with E-state index in [1.807, 2.05) is 0 Å². The number of rotatable bonds is 7. The van der Waals surface area contributed by atoms with Gasteiger partial charge in [-0.1, -0.05) is 6.58 Å². The largest absolute Gasteiger partial charge is 0.748 e. The van der Waals surface area contributed by atoms with E-state index in [1.165, 1.54) is 34.7 Å². The minimum absolute atomic E-state index is 0.351. The Balaban J connectivity index is 4.29. The van der Waals surface area contributed by atoms with Gasteiger partial charge in [-0.15, -0.1) is 0 Å². The lowest BCUT2D eigenvalue weighted by atomic mass is 10.5. The Morgan fingerprint density at radius 3 is 1.93 bits per heavy atom. The van der Waals surface area contributed by atoms with Crippen molar-refractivity contribution in [2.75, 3.05) is 28.4 Å². The van der Waals surface area contributed by atoms with Crippen LogP contribution in [0.2, 0.25) is 0 Å². The maximum atomic E-state index is 5.30. The summed E-state index contributed by atoms with van der Waals surface area (Å²) in [7, 11) is 2.84. The maximum Gasteiger partial charge on any atom is 0.748 e. The van der Waals surface area contributed by atoms with Crippen molar-refractivity contribution in [1.29, 1.82) is 0 Å². The summed E-state index contributed by atoms with van der Waals surface area (Å²) in [4.78, 5) is 0. The molecule has 0 fully saturated rings. The molecule has 0 heterocycles. The Bertz CT molecular complexity index is 192. The van der Waals surface area contributed by atoms with E-state index in [0.29, 0.717) is 5.76 Å². The van der Waals surface area contributed by atoms with Gasteiger partial charge >= 0.3 is 9.05 Å². The Morgan fingerprint density at radius 2 is 1.57 bits per heavy atom. The first kappa shape index (κ1) is 13.2. The highest BCUT2D eigenvalue weighted by Crippen LogP contribution is 2.13. The van der Waals surface area contributed by atoms with E-state index in [1.54, 1.807) is 6.08 Å². The average Bonchev–Trinajstić information content (AvgIpc) is 2.23. The number of hydrogen-bond donors (Lipinski definition) is 0. The van der Waals surface area contributed by atoms with Crippen LogP contribution in [-0.2, 0) is 22.4 Å². The van der Waals surface area contributed by atoms with Crippen LogP contribution in [0.25, 0.3) is 0 Å². The first-order chi connectivity index (χ1) is 6.64. The maximum absolute atomic E-state index is 5.30. The fraction of sp³-hybridized carbons (Fsp3) is 0.500. The zero-order chi connectivity index (χ0) is 11.0. The topological polar surface area (TPSA) is 46.2 Å². The highest BCUT2D eigenvalue weighted by molar-refractivity contribution is 6.53. The van der Waals surface area contributed by atoms with Crippen molar-refractivity contribution in [1.82, 2.24) is 0 Å². The summed E-state index contributed by atoms with van der Waals surface area (Å²) in [6.45, 7) is 3.63. The third kappa shape index (κ3) is 3.92. The van der Waals surface area contributed by atoms with E-state index in [-0.39, 0.29) is 0 Å². The van der Waals surface area contributed by atoms with E-state index < -0.39 is 9.05 Å². The number of allylic oxidation sites excluding steroid dienone is 1. The molecule has 0 saturated heterocycles. The van der Waals surface area contributed by atoms with Gasteiger partial charge in [-0.05, 0) is 0 Å². The second kappa shape index (κ2) is 6.60. The fourth-order valence-electron chi connectivity index (χ4n) is 0.714. The van der Waals surface area contributed by atoms with Gasteiger partial charge in [0.15, 0.2) is 0 Å². The van der Waals surface area contributed by atoms with Gasteiger partial charge in [-0.3, -0.25) is 0 Å². The summed E-state index contributed by atoms with van der Waals surface area (Å²) >= 11 is 0. The Kier molecular flexibility index (Phi) is 6.22. The molecule has 14 heavy (non-hydrogen) atoms. The molecule has 0 aromatic carbocycles. The molecule has 0 spiro atoms. The summed E-state index contributed by atoms with van der Waals surface area (Å²) in [5.74, 6) is 0.351. The van der Waals surface area contributed by atoms with Crippen molar-refractivity contribution in [3.8, 4) is 0 Å². The van der Waals surface area contributed by atoms with Gasteiger partial charge in [0.05, 0.1) is 13.4 Å². The Labute approximate surface area is 85.4 Å². The van der Waals surface area contributed by atoms with Gasteiger partial charge in [0.2, 0.25) is 0 Å². The monoisotopic (exact) mass is 220 g/mol. The molecule has 0 aliphatic carbocycles. The highest BCUT2D eigenvalue weighted by atomic mass is 28.4. The van der Waals surface area contributed by atoms with Crippen molar-refractivity contribution in [3.05, 3.63) is 24.7 Å². The smallest absolute Gasteiger partial charge is 0.504 e. The lowest BCUT2D eigenvalue weighted by Crippen LogP contribution is -2.45. The SMILES string of the molecule is C=C(C=COC)O[Si](OC)(OC)OC. The quantitative estimate of drug-likeness (QED) is 0.364. The zero-order valence-corrected chi connectivity index (χ0v) is 9.90. The van der Waals surface area contributed by atoms with Crippen molar-refractivity contribution >= 4 is 9.05 Å². The molecular formula is C8H16O5Si. The molecular weight excluding hydrogens is 204 g/mol. The lowest BCUT2D eigenvalue weighted by molar-refractivity contribution is 0.0298. The molecule has 0 aliphatic heterocycles. The summed E-state index contributed by atoms with van der Waals surface area (Å²) in [5.41, 5.74) is 0. The van der Waals surface area contributed by atoms with Gasteiger partial charge < -0.3 is 22.4 Å². The first-order valence-corrected chi connectivity index (χ1v) is 5.50. The highest BCUT2D eigenvalue weighted by Gasteiger charge is 2.45. The van der Waals surface area contributed by atoms with E-state index >= 15 is 0 Å². The van der Waals surface area contributed by atoms with Crippen LogP contribution in [-0.4, -0.2) is 37.5 Å². The van der Waals surface area contributed by atoms with Crippen LogP contribution in [0.15, 0.2) is 24.7 Å². The number of hydrogen-bond acceptors (Lipinski definition) is 5. The molecule has 0 N–H and O–H groups in total.